The first-order valence-corrected chi connectivity index (χ1v) is 17.7. The predicted octanol–water partition coefficient (Wildman–Crippen LogP) is 5.88. The number of aromatic nitrogens is 3. The van der Waals surface area contributed by atoms with Crippen LogP contribution < -0.4 is 20.3 Å². The van der Waals surface area contributed by atoms with E-state index in [0.717, 1.165) is 12.5 Å². The summed E-state index contributed by atoms with van der Waals surface area (Å²) < 4.78 is 49.8. The third-order valence-electron chi connectivity index (χ3n) is 9.50. The third-order valence-corrected chi connectivity index (χ3v) is 9.81. The van der Waals surface area contributed by atoms with Crippen molar-refractivity contribution in [3.8, 4) is 28.1 Å². The smallest absolute Gasteiger partial charge is 0.453 e. The van der Waals surface area contributed by atoms with Gasteiger partial charge in [-0.3, -0.25) is 14.4 Å². The highest BCUT2D eigenvalue weighted by Crippen LogP contribution is 2.41. The second-order valence-electron chi connectivity index (χ2n) is 13.4. The normalized spacial score (nSPS) is 18.5. The van der Waals surface area contributed by atoms with E-state index in [1.807, 2.05) is 18.7 Å². The highest BCUT2D eigenvalue weighted by atomic mass is 35.5. The number of amides is 4. The Kier molecular flexibility index (Phi) is 11.5. The van der Waals surface area contributed by atoms with E-state index in [2.05, 4.69) is 30.1 Å². The summed E-state index contributed by atoms with van der Waals surface area (Å²) in [6.07, 6.45) is -1.26. The number of alkyl carbamates (subject to hydrolysis) is 1. The molecule has 6 rings (SSSR count). The first kappa shape index (κ1) is 38.9. The molecule has 0 saturated carbocycles. The molecule has 2 aliphatic rings. The van der Waals surface area contributed by atoms with E-state index in [9.17, 15) is 32.3 Å². The Morgan fingerprint density at radius 3 is 2.45 bits per heavy atom. The van der Waals surface area contributed by atoms with Gasteiger partial charge in [-0.25, -0.2) is 14.8 Å². The first-order valence-electron chi connectivity index (χ1n) is 17.3. The van der Waals surface area contributed by atoms with E-state index in [1.54, 1.807) is 52.4 Å². The summed E-state index contributed by atoms with van der Waals surface area (Å²) in [5, 5.41) is 4.93. The van der Waals surface area contributed by atoms with Crippen molar-refractivity contribution in [3.63, 3.8) is 0 Å². The molecule has 4 amide bonds. The van der Waals surface area contributed by atoms with Crippen molar-refractivity contribution in [2.75, 3.05) is 50.1 Å². The average Bonchev–Trinajstić information content (AvgIpc) is 3.81. The monoisotopic (exact) mass is 782 g/mol. The number of nitrogens with one attached hydrogen (secondary N) is 3. The number of anilines is 2. The minimum atomic E-state index is -5.05. The van der Waals surface area contributed by atoms with Crippen molar-refractivity contribution in [1.29, 1.82) is 0 Å². The van der Waals surface area contributed by atoms with Gasteiger partial charge in [-0.05, 0) is 43.0 Å². The summed E-state index contributed by atoms with van der Waals surface area (Å²) in [4.78, 5) is 66.3. The van der Waals surface area contributed by atoms with E-state index in [0.29, 0.717) is 61.1 Å². The van der Waals surface area contributed by atoms with Crippen molar-refractivity contribution in [2.45, 2.75) is 38.7 Å². The number of likely N-dealkylation sites (tertiary alicyclic amines) is 1. The van der Waals surface area contributed by atoms with Crippen LogP contribution in [0.1, 0.15) is 42.5 Å². The third kappa shape index (κ3) is 9.11. The second-order valence-corrected chi connectivity index (χ2v) is 13.8. The number of imidazole rings is 1. The highest BCUT2D eigenvalue weighted by Gasteiger charge is 2.36. The van der Waals surface area contributed by atoms with Gasteiger partial charge in [0.15, 0.2) is 0 Å². The summed E-state index contributed by atoms with van der Waals surface area (Å²) in [5.41, 5.74) is 1.61. The number of H-pyrrole nitrogens is 1. The Bertz CT molecular complexity index is 2050. The van der Waals surface area contributed by atoms with Crippen LogP contribution in [0.3, 0.4) is 0 Å². The zero-order valence-electron chi connectivity index (χ0n) is 30.0. The van der Waals surface area contributed by atoms with Gasteiger partial charge >= 0.3 is 12.5 Å². The maximum Gasteiger partial charge on any atom is 0.573 e. The summed E-state index contributed by atoms with van der Waals surface area (Å²) in [7, 11) is 1.21. The molecule has 0 spiro atoms. The maximum atomic E-state index is 13.6. The van der Waals surface area contributed by atoms with Gasteiger partial charge in [-0.2, -0.15) is 0 Å². The molecule has 55 heavy (non-hydrogen) atoms. The molecule has 0 bridgehead atoms. The first-order chi connectivity index (χ1) is 26.2. The number of aromatic amines is 1. The largest absolute Gasteiger partial charge is 0.573 e. The summed E-state index contributed by atoms with van der Waals surface area (Å²) >= 11 is 6.53. The molecule has 14 nitrogen and oxygen atoms in total. The molecular weight excluding hydrogens is 745 g/mol. The molecule has 4 heterocycles. The Morgan fingerprint density at radius 2 is 1.80 bits per heavy atom. The van der Waals surface area contributed by atoms with Crippen molar-refractivity contribution in [3.05, 3.63) is 77.3 Å². The SMILES string of the molecule is COC(=O)NCC(=O)N1CC(C)CC1c1nc(-c2ccc(-c3cc(Cl)c(NC(=O)c4ccc(N5CCN(C=O)C(C)C5)nc4)cc3OC(F)(F)F)cc2)c[nH]1. The van der Waals surface area contributed by atoms with E-state index in [1.165, 1.54) is 19.4 Å². The van der Waals surface area contributed by atoms with Crippen LogP contribution in [0, 0.1) is 5.92 Å². The van der Waals surface area contributed by atoms with Crippen molar-refractivity contribution in [1.82, 2.24) is 30.1 Å². The maximum absolute atomic E-state index is 13.6. The molecule has 3 N–H and O–H groups in total. The van der Waals surface area contributed by atoms with Gasteiger partial charge < -0.3 is 39.8 Å². The molecule has 290 valence electrons. The average molecular weight is 783 g/mol. The standard InChI is InChI=1S/C37H38ClF3N8O6/c1-21-12-30(49(18-21)33(51)17-44-36(53)54-3)34-43-16-29(45-34)24-6-4-23(5-7-24)26-13-27(38)28(14-31(26)55-37(39,40)41)46-35(52)25-8-9-32(42-15-25)47-10-11-48(20-50)22(2)19-47/h4-9,13-16,20-22,30H,10-12,17-19H2,1-3H3,(H,43,45)(H,44,53)(H,46,52). The fourth-order valence-corrected chi connectivity index (χ4v) is 6.91. The van der Waals surface area contributed by atoms with Crippen LogP contribution in [0.2, 0.25) is 5.02 Å². The highest BCUT2D eigenvalue weighted by molar-refractivity contribution is 6.34. The molecule has 0 radical (unpaired) electrons. The van der Waals surface area contributed by atoms with Crippen LogP contribution in [0.4, 0.5) is 29.5 Å². The lowest BCUT2D eigenvalue weighted by Gasteiger charge is -2.38. The number of alkyl halides is 3. The minimum Gasteiger partial charge on any atom is -0.453 e. The predicted molar refractivity (Wildman–Crippen MR) is 196 cm³/mol. The number of halogens is 4. The fraction of sp³-hybridized carbons (Fsp3) is 0.351. The Morgan fingerprint density at radius 1 is 1.05 bits per heavy atom. The van der Waals surface area contributed by atoms with Gasteiger partial charge in [0.25, 0.3) is 5.91 Å². The molecule has 4 aromatic rings. The number of hydrogen-bond donors (Lipinski definition) is 3. The number of benzene rings is 2. The Balaban J connectivity index is 1.17. The van der Waals surface area contributed by atoms with Crippen molar-refractivity contribution >= 4 is 47.4 Å². The van der Waals surface area contributed by atoms with Gasteiger partial charge in [0, 0.05) is 61.8 Å². The number of methoxy groups -OCH3 is 1. The van der Waals surface area contributed by atoms with E-state index in [-0.39, 0.29) is 52.3 Å². The van der Waals surface area contributed by atoms with Crippen LogP contribution in [0.15, 0.2) is 60.9 Å². The minimum absolute atomic E-state index is 0.0147. The molecule has 2 aromatic carbocycles. The molecule has 2 saturated heterocycles. The molecule has 3 atom stereocenters. The van der Waals surface area contributed by atoms with Crippen molar-refractivity contribution in [2.24, 2.45) is 5.92 Å². The van der Waals surface area contributed by atoms with E-state index >= 15 is 0 Å². The quantitative estimate of drug-likeness (QED) is 0.167. The summed E-state index contributed by atoms with van der Waals surface area (Å²) in [5.74, 6) is -0.158. The molecule has 3 unspecified atom stereocenters. The number of pyridine rings is 1. The zero-order chi connectivity index (χ0) is 39.4. The van der Waals surface area contributed by atoms with Crippen LogP contribution in [-0.2, 0) is 14.3 Å². The van der Waals surface area contributed by atoms with Crippen LogP contribution >= 0.6 is 11.6 Å². The number of nitrogens with zero attached hydrogens (tertiary/aromatic N) is 5. The molecule has 2 fully saturated rings. The molecule has 18 heteroatoms. The Hall–Kier alpha value is -5.84. The van der Waals surface area contributed by atoms with Gasteiger partial charge in [0.2, 0.25) is 12.3 Å². The lowest BCUT2D eigenvalue weighted by molar-refractivity contribution is -0.274. The molecular formula is C37H38ClF3N8O6. The number of carbonyl (C=O) groups excluding carboxylic acids is 4. The molecule has 2 aliphatic heterocycles. The number of carbonyl (C=O) groups is 4. The van der Waals surface area contributed by atoms with Gasteiger partial charge in [0.05, 0.1) is 35.1 Å². The number of rotatable bonds is 10. The number of hydrogen-bond acceptors (Lipinski definition) is 9. The van der Waals surface area contributed by atoms with Crippen LogP contribution in [0.25, 0.3) is 22.4 Å². The summed E-state index contributed by atoms with van der Waals surface area (Å²) in [6.45, 7) is 5.86. The number of piperazine rings is 1. The van der Waals surface area contributed by atoms with E-state index in [4.69, 9.17) is 16.6 Å². The fourth-order valence-electron chi connectivity index (χ4n) is 6.70. The van der Waals surface area contributed by atoms with E-state index < -0.39 is 24.1 Å². The topological polar surface area (TPSA) is 162 Å². The van der Waals surface area contributed by atoms with Gasteiger partial charge in [-0.1, -0.05) is 42.8 Å². The van der Waals surface area contributed by atoms with Crippen LogP contribution in [0.5, 0.6) is 5.75 Å². The Labute approximate surface area is 318 Å². The number of ether oxygens (including phenoxy) is 2. The summed E-state index contributed by atoms with van der Waals surface area (Å²) in [6, 6.07) is 11.7. The van der Waals surface area contributed by atoms with Gasteiger partial charge in [-0.15, -0.1) is 13.2 Å². The van der Waals surface area contributed by atoms with Crippen molar-refractivity contribution < 1.29 is 41.8 Å². The van der Waals surface area contributed by atoms with Gasteiger partial charge in [0.1, 0.15) is 23.9 Å². The van der Waals surface area contributed by atoms with Crippen LogP contribution in [-0.4, -0.2) is 101 Å². The molecule has 0 aliphatic carbocycles. The zero-order valence-corrected chi connectivity index (χ0v) is 30.8. The lowest BCUT2D eigenvalue weighted by Crippen LogP contribution is -2.51. The lowest BCUT2D eigenvalue weighted by atomic mass is 10.0. The molecule has 2 aromatic heterocycles. The second kappa shape index (κ2) is 16.3.